The van der Waals surface area contributed by atoms with Gasteiger partial charge in [0.1, 0.15) is 5.82 Å². The van der Waals surface area contributed by atoms with Crippen LogP contribution in [0.15, 0.2) is 67.0 Å². The van der Waals surface area contributed by atoms with E-state index in [2.05, 4.69) is 39.4 Å². The van der Waals surface area contributed by atoms with Crippen LogP contribution in [-0.2, 0) is 28.8 Å². The zero-order valence-corrected chi connectivity index (χ0v) is 24.8. The largest absolute Gasteiger partial charge is 0.385 e. The summed E-state index contributed by atoms with van der Waals surface area (Å²) in [5.41, 5.74) is 2.43. The molecule has 0 bridgehead atoms. The van der Waals surface area contributed by atoms with Crippen molar-refractivity contribution in [1.82, 2.24) is 25.0 Å². The summed E-state index contributed by atoms with van der Waals surface area (Å²) in [6.45, 7) is 8.08. The van der Waals surface area contributed by atoms with Crippen LogP contribution in [0.1, 0.15) is 67.8 Å². The molecule has 1 unspecified atom stereocenters. The minimum Gasteiger partial charge on any atom is -0.385 e. The second-order valence-corrected chi connectivity index (χ2v) is 10.7. The smallest absolute Gasteiger partial charge is 0.234 e. The monoisotopic (exact) mass is 573 g/mol. The van der Waals surface area contributed by atoms with E-state index in [4.69, 9.17) is 0 Å². The van der Waals surface area contributed by atoms with Crippen molar-refractivity contribution < 1.29 is 19.1 Å². The van der Waals surface area contributed by atoms with Gasteiger partial charge in [0.2, 0.25) is 11.8 Å². The minimum atomic E-state index is -1.27. The minimum absolute atomic E-state index is 0.242. The highest BCUT2D eigenvalue weighted by atomic mass is 19.1. The van der Waals surface area contributed by atoms with Gasteiger partial charge in [-0.1, -0.05) is 55.8 Å². The number of carbonyl (C=O) groups is 2. The number of likely N-dealkylation sites (tertiary alicyclic amines) is 1. The first kappa shape index (κ1) is 31.0. The Morgan fingerprint density at radius 3 is 2.38 bits per heavy atom. The van der Waals surface area contributed by atoms with Crippen LogP contribution in [0, 0.1) is 12.7 Å². The number of amides is 2. The highest BCUT2D eigenvalue weighted by Gasteiger charge is 2.37. The Bertz CT molecular complexity index is 1510. The van der Waals surface area contributed by atoms with E-state index in [1.807, 2.05) is 49.8 Å². The molecule has 2 saturated heterocycles. The summed E-state index contributed by atoms with van der Waals surface area (Å²) in [4.78, 5) is 30.3. The van der Waals surface area contributed by atoms with Crippen molar-refractivity contribution in [2.24, 2.45) is 7.05 Å². The summed E-state index contributed by atoms with van der Waals surface area (Å²) in [5, 5.41) is 18.2. The fourth-order valence-corrected chi connectivity index (χ4v) is 5.41. The quantitative estimate of drug-likeness (QED) is 0.328. The third-order valence-corrected chi connectivity index (χ3v) is 7.90. The molecule has 1 atom stereocenters. The second-order valence-electron chi connectivity index (χ2n) is 10.7. The summed E-state index contributed by atoms with van der Waals surface area (Å²) >= 11 is 0. The first-order chi connectivity index (χ1) is 20.2. The van der Waals surface area contributed by atoms with E-state index in [0.717, 1.165) is 12.2 Å². The molecule has 9 heteroatoms. The fourth-order valence-electron chi connectivity index (χ4n) is 5.41. The molecule has 2 fully saturated rings. The molecule has 2 aliphatic heterocycles. The van der Waals surface area contributed by atoms with Gasteiger partial charge in [-0.25, -0.2) is 4.39 Å². The van der Waals surface area contributed by atoms with E-state index in [1.54, 1.807) is 30.6 Å². The van der Waals surface area contributed by atoms with E-state index < -0.39 is 17.3 Å². The molecule has 6 rings (SSSR count). The fraction of sp³-hybridized carbons (Fsp3) is 0.394. The zero-order chi connectivity index (χ0) is 30.3. The van der Waals surface area contributed by atoms with Crippen molar-refractivity contribution in [3.8, 4) is 0 Å². The van der Waals surface area contributed by atoms with Crippen LogP contribution >= 0.6 is 0 Å². The van der Waals surface area contributed by atoms with Crippen LogP contribution in [0.25, 0.3) is 10.9 Å². The Morgan fingerprint density at radius 1 is 1.07 bits per heavy atom. The van der Waals surface area contributed by atoms with E-state index in [0.29, 0.717) is 43.4 Å². The number of benzene rings is 2. The number of aliphatic hydroxyl groups is 1. The van der Waals surface area contributed by atoms with Gasteiger partial charge in [-0.05, 0) is 49.9 Å². The van der Waals surface area contributed by atoms with E-state index >= 15 is 4.39 Å². The van der Waals surface area contributed by atoms with Crippen molar-refractivity contribution in [3.63, 3.8) is 0 Å². The molecule has 222 valence electrons. The van der Waals surface area contributed by atoms with Gasteiger partial charge in [0.15, 0.2) is 0 Å². The van der Waals surface area contributed by atoms with Gasteiger partial charge in [-0.2, -0.15) is 5.10 Å². The van der Waals surface area contributed by atoms with Gasteiger partial charge in [-0.15, -0.1) is 0 Å². The Kier molecular flexibility index (Phi) is 10.2. The number of aromatic nitrogens is 3. The van der Waals surface area contributed by atoms with Crippen LogP contribution in [0.2, 0.25) is 0 Å². The van der Waals surface area contributed by atoms with Crippen molar-refractivity contribution in [1.29, 1.82) is 0 Å². The lowest BCUT2D eigenvalue weighted by Crippen LogP contribution is -2.42. The number of carbonyl (C=O) groups excluding carboxylic acids is 2. The number of pyridine rings is 1. The molecule has 2 N–H and O–H groups in total. The molecule has 0 aliphatic carbocycles. The predicted molar refractivity (Wildman–Crippen MR) is 161 cm³/mol. The third-order valence-electron chi connectivity index (χ3n) is 7.90. The van der Waals surface area contributed by atoms with Crippen LogP contribution in [0.3, 0.4) is 0 Å². The Balaban J connectivity index is 0.000000390. The van der Waals surface area contributed by atoms with Crippen LogP contribution in [0.5, 0.6) is 0 Å². The highest BCUT2D eigenvalue weighted by Crippen LogP contribution is 2.37. The number of imide groups is 1. The number of piperidine rings is 2. The normalized spacial score (nSPS) is 18.4. The summed E-state index contributed by atoms with van der Waals surface area (Å²) in [6.07, 6.45) is 4.76. The Morgan fingerprint density at radius 2 is 1.79 bits per heavy atom. The SMILES string of the molecule is CC.Cc1ccccc1.Cn1nccc1CN1CCC(O)(c2ccc3ncc(C4CCC(=O)NC4=O)cc3c2F)CC1. The van der Waals surface area contributed by atoms with Crippen molar-refractivity contribution in [2.45, 2.75) is 64.5 Å². The second kappa shape index (κ2) is 13.8. The van der Waals surface area contributed by atoms with E-state index in [1.165, 1.54) is 5.56 Å². The van der Waals surface area contributed by atoms with Crippen LogP contribution in [-0.4, -0.2) is 49.7 Å². The average Bonchev–Trinajstić information content (AvgIpc) is 3.40. The number of rotatable bonds is 4. The summed E-state index contributed by atoms with van der Waals surface area (Å²) < 4.78 is 17.5. The third kappa shape index (κ3) is 7.09. The molecule has 2 aromatic heterocycles. The number of hydrogen-bond acceptors (Lipinski definition) is 6. The molecule has 0 radical (unpaired) electrons. The topological polar surface area (TPSA) is 100 Å². The van der Waals surface area contributed by atoms with Gasteiger partial charge in [0.25, 0.3) is 0 Å². The lowest BCUT2D eigenvalue weighted by molar-refractivity contribution is -0.134. The van der Waals surface area contributed by atoms with Crippen molar-refractivity contribution >= 4 is 22.7 Å². The lowest BCUT2D eigenvalue weighted by atomic mass is 9.83. The van der Waals surface area contributed by atoms with Gasteiger partial charge >= 0.3 is 0 Å². The van der Waals surface area contributed by atoms with Crippen molar-refractivity contribution in [2.75, 3.05) is 13.1 Å². The van der Waals surface area contributed by atoms with Gasteiger partial charge in [0.05, 0.1) is 22.7 Å². The van der Waals surface area contributed by atoms with Gasteiger partial charge < -0.3 is 5.11 Å². The van der Waals surface area contributed by atoms with Crippen LogP contribution < -0.4 is 5.32 Å². The molecule has 8 nitrogen and oxygen atoms in total. The molecule has 4 heterocycles. The zero-order valence-electron chi connectivity index (χ0n) is 24.8. The van der Waals surface area contributed by atoms with Gasteiger partial charge in [0, 0.05) is 56.4 Å². The molecule has 42 heavy (non-hydrogen) atoms. The molecule has 0 spiro atoms. The standard InChI is InChI=1S/C24H26FN5O3.C7H8.C2H6/c1-29-16(6-9-27-29)14-30-10-7-24(33,8-11-30)19-3-4-20-18(22(19)25)12-15(13-26-20)17-2-5-21(31)28-23(17)32;1-7-5-3-2-4-6-7;1-2/h3-4,6,9,12-13,17,33H,2,5,7-8,10-11,14H2,1H3,(H,28,31,32);2-6H,1H3;1-2H3. The first-order valence-electron chi connectivity index (χ1n) is 14.6. The number of halogens is 1. The predicted octanol–water partition coefficient (Wildman–Crippen LogP) is 5.13. The Labute approximate surface area is 246 Å². The lowest BCUT2D eigenvalue weighted by Gasteiger charge is -2.38. The van der Waals surface area contributed by atoms with Gasteiger partial charge in [-0.3, -0.25) is 29.5 Å². The Hall–Kier alpha value is -3.95. The number of nitrogens with one attached hydrogen (secondary N) is 1. The molecular weight excluding hydrogens is 533 g/mol. The molecule has 4 aromatic rings. The number of fused-ring (bicyclic) bond motifs is 1. The highest BCUT2D eigenvalue weighted by molar-refractivity contribution is 6.01. The molecule has 2 aliphatic rings. The summed E-state index contributed by atoms with van der Waals surface area (Å²) in [5.74, 6) is -1.73. The summed E-state index contributed by atoms with van der Waals surface area (Å²) in [6, 6.07) is 17.2. The number of aryl methyl sites for hydroxylation is 2. The average molecular weight is 574 g/mol. The van der Waals surface area contributed by atoms with Crippen LogP contribution in [0.4, 0.5) is 4.39 Å². The maximum Gasteiger partial charge on any atom is 0.234 e. The van der Waals surface area contributed by atoms with E-state index in [9.17, 15) is 14.7 Å². The molecular formula is C33H40FN5O3. The maximum atomic E-state index is 15.7. The molecule has 2 aromatic carbocycles. The van der Waals surface area contributed by atoms with E-state index in [-0.39, 0.29) is 29.2 Å². The van der Waals surface area contributed by atoms with Crippen molar-refractivity contribution in [3.05, 3.63) is 95.2 Å². The first-order valence-corrected chi connectivity index (χ1v) is 14.6. The molecule has 0 saturated carbocycles. The molecule has 2 amide bonds. The maximum absolute atomic E-state index is 15.7. The number of nitrogens with zero attached hydrogens (tertiary/aromatic N) is 4. The summed E-state index contributed by atoms with van der Waals surface area (Å²) in [7, 11) is 1.90. The number of hydrogen-bond donors (Lipinski definition) is 2.